The predicted molar refractivity (Wildman–Crippen MR) is 96.5 cm³/mol. The van der Waals surface area contributed by atoms with Gasteiger partial charge in [-0.3, -0.25) is 0 Å². The minimum absolute atomic E-state index is 0. The summed E-state index contributed by atoms with van der Waals surface area (Å²) in [5.74, 6) is 1.86. The van der Waals surface area contributed by atoms with Crippen molar-refractivity contribution in [2.75, 3.05) is 26.7 Å². The number of hydrogen-bond donors (Lipinski definition) is 1. The van der Waals surface area contributed by atoms with E-state index in [-0.39, 0.29) is 12.4 Å². The lowest BCUT2D eigenvalue weighted by Crippen LogP contribution is -3.14. The van der Waals surface area contributed by atoms with Gasteiger partial charge in [0.25, 0.3) is 0 Å². The molecule has 0 saturated carbocycles. The van der Waals surface area contributed by atoms with Gasteiger partial charge in [0.15, 0.2) is 0 Å². The molecule has 136 valence electrons. The minimum atomic E-state index is 0. The molecule has 1 aliphatic carbocycles. The van der Waals surface area contributed by atoms with Crippen LogP contribution in [0.2, 0.25) is 0 Å². The monoisotopic (exact) mass is 351 g/mol. The summed E-state index contributed by atoms with van der Waals surface area (Å²) in [5.41, 5.74) is 3.61. The Morgan fingerprint density at radius 3 is 2.83 bits per heavy atom. The van der Waals surface area contributed by atoms with Crippen LogP contribution < -0.4 is 22.0 Å². The summed E-state index contributed by atoms with van der Waals surface area (Å²) in [4.78, 5) is 1.84. The fourth-order valence-corrected chi connectivity index (χ4v) is 4.89. The second-order valence-electron chi connectivity index (χ2n) is 8.45. The van der Waals surface area contributed by atoms with Gasteiger partial charge >= 0.3 is 0 Å². The molecule has 3 rings (SSSR count). The third kappa shape index (κ3) is 4.67. The third-order valence-corrected chi connectivity index (χ3v) is 6.00. The van der Waals surface area contributed by atoms with Crippen LogP contribution in [0.15, 0.2) is 18.2 Å². The molecule has 0 bridgehead atoms. The van der Waals surface area contributed by atoms with Gasteiger partial charge in [0.05, 0.1) is 26.7 Å². The highest BCUT2D eigenvalue weighted by Gasteiger charge is 2.29. The lowest BCUT2D eigenvalue weighted by atomic mass is 9.80. The molecule has 1 fully saturated rings. The predicted octanol–water partition coefficient (Wildman–Crippen LogP) is 0.604. The summed E-state index contributed by atoms with van der Waals surface area (Å²) in [6, 6.07) is 6.65. The number of nitrogens with one attached hydrogen (secondary N) is 1. The average Bonchev–Trinajstić information content (AvgIpc) is 2.53. The maximum atomic E-state index is 5.58. The topological polar surface area (TPSA) is 13.7 Å². The van der Waals surface area contributed by atoms with Crippen LogP contribution in [0.1, 0.15) is 69.4 Å². The lowest BCUT2D eigenvalue weighted by Gasteiger charge is -2.35. The summed E-state index contributed by atoms with van der Waals surface area (Å²) >= 11 is 0. The van der Waals surface area contributed by atoms with E-state index in [4.69, 9.17) is 4.74 Å². The van der Waals surface area contributed by atoms with Gasteiger partial charge in [0.2, 0.25) is 0 Å². The first kappa shape index (κ1) is 19.6. The summed E-state index contributed by atoms with van der Waals surface area (Å²) in [6.45, 7) is 8.99. The van der Waals surface area contributed by atoms with E-state index in [1.807, 2.05) is 4.90 Å². The number of fused-ring (bicyclic) bond motifs is 1. The van der Waals surface area contributed by atoms with E-state index in [0.29, 0.717) is 5.41 Å². The Labute approximate surface area is 154 Å². The summed E-state index contributed by atoms with van der Waals surface area (Å²) in [5, 5.41) is 0. The molecule has 0 aromatic heterocycles. The smallest absolute Gasteiger partial charge is 0.122 e. The summed E-state index contributed by atoms with van der Waals surface area (Å²) < 4.78 is 5.58. The quantitative estimate of drug-likeness (QED) is 0.820. The van der Waals surface area contributed by atoms with Gasteiger partial charge in [-0.15, -0.1) is 0 Å². The number of likely N-dealkylation sites (tertiary alicyclic amines) is 1. The Kier molecular flexibility index (Phi) is 7.00. The van der Waals surface area contributed by atoms with Crippen LogP contribution in [0.5, 0.6) is 5.75 Å². The Morgan fingerprint density at radius 2 is 2.08 bits per heavy atom. The zero-order chi connectivity index (χ0) is 16.3. The molecule has 0 amide bonds. The third-order valence-electron chi connectivity index (χ3n) is 6.00. The molecule has 3 heteroatoms. The molecule has 2 nitrogen and oxygen atoms in total. The van der Waals surface area contributed by atoms with Crippen LogP contribution in [0.3, 0.4) is 0 Å². The Bertz CT molecular complexity index is 529. The van der Waals surface area contributed by atoms with Crippen LogP contribution in [0, 0.1) is 5.41 Å². The number of hydrogen-bond acceptors (Lipinski definition) is 1. The Morgan fingerprint density at radius 1 is 1.25 bits per heavy atom. The van der Waals surface area contributed by atoms with Crippen molar-refractivity contribution in [1.29, 1.82) is 0 Å². The maximum absolute atomic E-state index is 5.58. The van der Waals surface area contributed by atoms with Crippen molar-refractivity contribution < 1.29 is 22.0 Å². The molecule has 24 heavy (non-hydrogen) atoms. The molecular weight excluding hydrogens is 318 g/mol. The second kappa shape index (κ2) is 8.58. The van der Waals surface area contributed by atoms with Crippen LogP contribution >= 0.6 is 0 Å². The highest BCUT2D eigenvalue weighted by molar-refractivity contribution is 5.43. The van der Waals surface area contributed by atoms with Crippen molar-refractivity contribution in [2.24, 2.45) is 5.41 Å². The molecule has 1 aliphatic heterocycles. The zero-order valence-electron chi connectivity index (χ0n) is 15.7. The maximum Gasteiger partial charge on any atom is 0.122 e. The summed E-state index contributed by atoms with van der Waals surface area (Å²) in [7, 11) is 1.81. The molecule has 0 radical (unpaired) electrons. The van der Waals surface area contributed by atoms with E-state index in [1.54, 1.807) is 12.7 Å². The molecule has 2 atom stereocenters. The van der Waals surface area contributed by atoms with E-state index in [9.17, 15) is 0 Å². The molecule has 1 saturated heterocycles. The van der Waals surface area contributed by atoms with Crippen molar-refractivity contribution >= 4 is 0 Å². The zero-order valence-corrected chi connectivity index (χ0v) is 16.4. The molecule has 1 aromatic rings. The second-order valence-corrected chi connectivity index (χ2v) is 8.45. The highest BCUT2D eigenvalue weighted by Crippen LogP contribution is 2.38. The van der Waals surface area contributed by atoms with Gasteiger partial charge in [0, 0.05) is 5.41 Å². The van der Waals surface area contributed by atoms with Crippen molar-refractivity contribution in [1.82, 2.24) is 0 Å². The molecular formula is C21H34ClNO. The van der Waals surface area contributed by atoms with Gasteiger partial charge in [-0.25, -0.2) is 0 Å². The number of rotatable bonds is 5. The van der Waals surface area contributed by atoms with Gasteiger partial charge in [-0.05, 0) is 68.1 Å². The van der Waals surface area contributed by atoms with Gasteiger partial charge in [-0.2, -0.15) is 0 Å². The number of benzene rings is 1. The first-order valence-electron chi connectivity index (χ1n) is 9.58. The number of quaternary nitrogens is 1. The van der Waals surface area contributed by atoms with Crippen LogP contribution in [0.25, 0.3) is 0 Å². The molecule has 1 N–H and O–H groups in total. The number of halogens is 1. The first-order valence-corrected chi connectivity index (χ1v) is 9.58. The van der Waals surface area contributed by atoms with Crippen LogP contribution in [0.4, 0.5) is 0 Å². The fourth-order valence-electron chi connectivity index (χ4n) is 4.89. The van der Waals surface area contributed by atoms with E-state index >= 15 is 0 Å². The molecule has 1 heterocycles. The minimum Gasteiger partial charge on any atom is -1.00 e. The van der Waals surface area contributed by atoms with E-state index < -0.39 is 0 Å². The number of ether oxygens (including phenoxy) is 1. The average molecular weight is 352 g/mol. The normalized spacial score (nSPS) is 25.5. The summed E-state index contributed by atoms with van der Waals surface area (Å²) in [6.07, 6.45) is 9.42. The van der Waals surface area contributed by atoms with Crippen molar-refractivity contribution in [3.8, 4) is 5.75 Å². The van der Waals surface area contributed by atoms with Crippen molar-refractivity contribution in [3.63, 3.8) is 0 Å². The number of methoxy groups -OCH3 is 1. The SMILES string of the molecule is COc1cccc2c1CCC[C@@H]2CCC[NH+]1CCCC(C)(C)C1.[Cl-]. The van der Waals surface area contributed by atoms with Gasteiger partial charge in [-0.1, -0.05) is 26.0 Å². The van der Waals surface area contributed by atoms with E-state index in [0.717, 1.165) is 11.7 Å². The highest BCUT2D eigenvalue weighted by atomic mass is 35.5. The Balaban J connectivity index is 0.00000208. The lowest BCUT2D eigenvalue weighted by molar-refractivity contribution is -0.912. The largest absolute Gasteiger partial charge is 1.00 e. The van der Waals surface area contributed by atoms with E-state index in [2.05, 4.69) is 32.0 Å². The number of piperidine rings is 1. The van der Waals surface area contributed by atoms with Crippen LogP contribution in [-0.2, 0) is 6.42 Å². The van der Waals surface area contributed by atoms with Gasteiger partial charge in [0.1, 0.15) is 5.75 Å². The van der Waals surface area contributed by atoms with Crippen molar-refractivity contribution in [2.45, 2.75) is 64.7 Å². The van der Waals surface area contributed by atoms with E-state index in [1.165, 1.54) is 70.1 Å². The Hall–Kier alpha value is -0.730. The van der Waals surface area contributed by atoms with Crippen LogP contribution in [-0.4, -0.2) is 26.7 Å². The molecule has 1 unspecified atom stereocenters. The van der Waals surface area contributed by atoms with Crippen molar-refractivity contribution in [3.05, 3.63) is 29.3 Å². The first-order chi connectivity index (χ1) is 11.1. The molecule has 0 spiro atoms. The molecule has 1 aromatic carbocycles. The molecule has 2 aliphatic rings. The standard InChI is InChI=1S/C21H33NO.ClH/c1-21(2)13-7-15-22(16-21)14-6-9-17-8-4-11-19-18(17)10-5-12-20(19)23-3;/h5,10,12,17H,4,6-9,11,13-16H2,1-3H3;1H/t17-;/m1./s1. The van der Waals surface area contributed by atoms with Gasteiger partial charge < -0.3 is 22.0 Å². The fraction of sp³-hybridized carbons (Fsp3) is 0.714.